The van der Waals surface area contributed by atoms with Gasteiger partial charge in [0, 0.05) is 49.0 Å². The van der Waals surface area contributed by atoms with Crippen LogP contribution < -0.4 is 5.73 Å². The molecule has 1 saturated heterocycles. The largest absolute Gasteiger partial charge is 0.326 e. The molecule has 2 aliphatic rings. The molecule has 0 radical (unpaired) electrons. The lowest BCUT2D eigenvalue weighted by molar-refractivity contribution is 0.0587. The van der Waals surface area contributed by atoms with E-state index in [4.69, 9.17) is 10.8 Å². The minimum absolute atomic E-state index is 0.255. The topological polar surface area (TPSA) is 49.8 Å². The molecule has 7 heteroatoms. The van der Waals surface area contributed by atoms with Crippen molar-refractivity contribution >= 4 is 5.52 Å². The highest BCUT2D eigenvalue weighted by Gasteiger charge is 2.39. The van der Waals surface area contributed by atoms with Crippen LogP contribution in [0.3, 0.4) is 0 Å². The van der Waals surface area contributed by atoms with Crippen LogP contribution in [-0.2, 0) is 13.1 Å². The zero-order chi connectivity index (χ0) is 19.4. The molecule has 2 aromatic heterocycles. The number of benzene rings is 1. The number of pyridine rings is 1. The van der Waals surface area contributed by atoms with E-state index < -0.39 is 11.6 Å². The lowest BCUT2D eigenvalue weighted by Crippen LogP contribution is -2.54. The van der Waals surface area contributed by atoms with Gasteiger partial charge in [-0.1, -0.05) is 6.07 Å². The highest BCUT2D eigenvalue weighted by Crippen LogP contribution is 2.35. The number of nitrogens with two attached hydrogens (primary N) is 1. The van der Waals surface area contributed by atoms with Crippen LogP contribution in [0.4, 0.5) is 8.78 Å². The third kappa shape index (κ3) is 2.82. The summed E-state index contributed by atoms with van der Waals surface area (Å²) < 4.78 is 29.9. The first-order valence-electron chi connectivity index (χ1n) is 9.61. The molecule has 3 atom stereocenters. The first-order valence-corrected chi connectivity index (χ1v) is 9.61. The van der Waals surface area contributed by atoms with E-state index in [1.807, 2.05) is 29.9 Å². The lowest BCUT2D eigenvalue weighted by atomic mass is 9.88. The SMILES string of the molecule is CN1C[C@H](N2Cc3nn4ccccc4c3C2)C[C@H](N)[C@H]1c1cc(F)ccc1F. The van der Waals surface area contributed by atoms with Crippen LogP contribution in [0.5, 0.6) is 0 Å². The molecule has 1 aromatic carbocycles. The number of hydrogen-bond acceptors (Lipinski definition) is 4. The normalized spacial score (nSPS) is 26.1. The van der Waals surface area contributed by atoms with Crippen molar-refractivity contribution in [3.8, 4) is 0 Å². The van der Waals surface area contributed by atoms with Crippen molar-refractivity contribution in [2.75, 3.05) is 13.6 Å². The Bertz CT molecular complexity index is 1020. The Balaban J connectivity index is 1.36. The number of halogens is 2. The fourth-order valence-corrected chi connectivity index (χ4v) is 4.87. The number of likely N-dealkylation sites (N-methyl/N-ethyl adjacent to an activating group) is 1. The van der Waals surface area contributed by atoms with Gasteiger partial charge in [0.2, 0.25) is 0 Å². The Morgan fingerprint density at radius 3 is 2.82 bits per heavy atom. The summed E-state index contributed by atoms with van der Waals surface area (Å²) in [5.41, 5.74) is 10.3. The Kier molecular flexibility index (Phi) is 4.19. The van der Waals surface area contributed by atoms with Gasteiger partial charge in [-0.05, 0) is 43.8 Å². The van der Waals surface area contributed by atoms with Crippen LogP contribution in [0.2, 0.25) is 0 Å². The number of piperidine rings is 1. The molecule has 4 heterocycles. The zero-order valence-corrected chi connectivity index (χ0v) is 15.7. The molecule has 2 aliphatic heterocycles. The summed E-state index contributed by atoms with van der Waals surface area (Å²) in [5.74, 6) is -0.835. The van der Waals surface area contributed by atoms with Crippen LogP contribution in [0, 0.1) is 11.6 Å². The number of rotatable bonds is 2. The molecule has 2 N–H and O–H groups in total. The number of fused-ring (bicyclic) bond motifs is 3. The summed E-state index contributed by atoms with van der Waals surface area (Å²) in [6, 6.07) is 9.37. The fraction of sp³-hybridized carbons (Fsp3) is 0.381. The van der Waals surface area contributed by atoms with E-state index in [0.29, 0.717) is 5.56 Å². The van der Waals surface area contributed by atoms with Gasteiger partial charge in [0.25, 0.3) is 0 Å². The number of hydrogen-bond donors (Lipinski definition) is 1. The Morgan fingerprint density at radius 1 is 1.14 bits per heavy atom. The second-order valence-electron chi connectivity index (χ2n) is 7.96. The second kappa shape index (κ2) is 6.62. The average molecular weight is 383 g/mol. The van der Waals surface area contributed by atoms with Gasteiger partial charge >= 0.3 is 0 Å². The van der Waals surface area contributed by atoms with Crippen LogP contribution in [0.15, 0.2) is 42.6 Å². The van der Waals surface area contributed by atoms with Crippen LogP contribution in [0.1, 0.15) is 29.3 Å². The number of aromatic nitrogens is 2. The highest BCUT2D eigenvalue weighted by molar-refractivity contribution is 5.57. The predicted octanol–water partition coefficient (Wildman–Crippen LogP) is 2.70. The number of likely N-dealkylation sites (tertiary alicyclic amines) is 1. The van der Waals surface area contributed by atoms with Crippen molar-refractivity contribution in [3.63, 3.8) is 0 Å². The van der Waals surface area contributed by atoms with E-state index in [2.05, 4.69) is 15.9 Å². The average Bonchev–Trinajstić information content (AvgIpc) is 3.22. The third-order valence-corrected chi connectivity index (χ3v) is 6.16. The fourth-order valence-electron chi connectivity index (χ4n) is 4.87. The molecule has 0 amide bonds. The molecule has 146 valence electrons. The van der Waals surface area contributed by atoms with Crippen molar-refractivity contribution in [2.45, 2.75) is 37.6 Å². The predicted molar refractivity (Wildman–Crippen MR) is 103 cm³/mol. The Labute approximate surface area is 162 Å². The molecule has 1 fully saturated rings. The zero-order valence-electron chi connectivity index (χ0n) is 15.7. The monoisotopic (exact) mass is 383 g/mol. The summed E-state index contributed by atoms with van der Waals surface area (Å²) >= 11 is 0. The van der Waals surface area contributed by atoms with E-state index in [-0.39, 0.29) is 18.1 Å². The summed E-state index contributed by atoms with van der Waals surface area (Å²) in [4.78, 5) is 4.46. The van der Waals surface area contributed by atoms with E-state index >= 15 is 0 Å². The molecular formula is C21H23F2N5. The standard InChI is InChI=1S/C21H23F2N5/c1-26-10-14(9-18(24)21(26)15-8-13(22)5-6-17(15)23)27-11-16-19(12-27)25-28-7-3-2-4-20(16)28/h2-8,14,18,21H,9-12,24H2,1H3/t14-,18+,21-/m1/s1. The van der Waals surface area contributed by atoms with Gasteiger partial charge in [-0.25, -0.2) is 13.3 Å². The lowest BCUT2D eigenvalue weighted by Gasteiger charge is -2.44. The van der Waals surface area contributed by atoms with Crippen molar-refractivity contribution in [2.24, 2.45) is 5.73 Å². The van der Waals surface area contributed by atoms with Crippen LogP contribution >= 0.6 is 0 Å². The Morgan fingerprint density at radius 2 is 2.00 bits per heavy atom. The van der Waals surface area contributed by atoms with Gasteiger partial charge in [0.1, 0.15) is 11.6 Å². The molecule has 5 rings (SSSR count). The third-order valence-electron chi connectivity index (χ3n) is 6.16. The van der Waals surface area contributed by atoms with Gasteiger partial charge in [-0.2, -0.15) is 5.10 Å². The van der Waals surface area contributed by atoms with Crippen molar-refractivity contribution < 1.29 is 8.78 Å². The summed E-state index contributed by atoms with van der Waals surface area (Å²) in [6.07, 6.45) is 2.71. The van der Waals surface area contributed by atoms with Crippen LogP contribution in [0.25, 0.3) is 5.52 Å². The first-order chi connectivity index (χ1) is 13.5. The minimum atomic E-state index is -0.433. The molecule has 28 heavy (non-hydrogen) atoms. The van der Waals surface area contributed by atoms with Crippen molar-refractivity contribution in [3.05, 3.63) is 71.1 Å². The molecule has 0 bridgehead atoms. The van der Waals surface area contributed by atoms with Crippen LogP contribution in [-0.4, -0.2) is 45.1 Å². The van der Waals surface area contributed by atoms with Gasteiger partial charge in [0.05, 0.1) is 17.3 Å². The number of nitrogens with zero attached hydrogens (tertiary/aromatic N) is 4. The molecule has 0 aliphatic carbocycles. The molecule has 0 spiro atoms. The maximum Gasteiger partial charge on any atom is 0.128 e. The molecule has 5 nitrogen and oxygen atoms in total. The van der Waals surface area contributed by atoms with Crippen molar-refractivity contribution in [1.82, 2.24) is 19.4 Å². The highest BCUT2D eigenvalue weighted by atomic mass is 19.1. The summed E-state index contributed by atoms with van der Waals surface area (Å²) in [5, 5.41) is 4.70. The van der Waals surface area contributed by atoms with E-state index in [1.165, 1.54) is 17.7 Å². The van der Waals surface area contributed by atoms with E-state index in [9.17, 15) is 8.78 Å². The van der Waals surface area contributed by atoms with Gasteiger partial charge < -0.3 is 5.73 Å². The smallest absolute Gasteiger partial charge is 0.128 e. The maximum atomic E-state index is 14.3. The minimum Gasteiger partial charge on any atom is -0.326 e. The van der Waals surface area contributed by atoms with Gasteiger partial charge in [-0.3, -0.25) is 9.80 Å². The first kappa shape index (κ1) is 17.7. The van der Waals surface area contributed by atoms with Gasteiger partial charge in [-0.15, -0.1) is 0 Å². The second-order valence-corrected chi connectivity index (χ2v) is 7.96. The maximum absolute atomic E-state index is 14.3. The molecule has 0 unspecified atom stereocenters. The summed E-state index contributed by atoms with van der Waals surface area (Å²) in [7, 11) is 1.94. The molecule has 3 aromatic rings. The van der Waals surface area contributed by atoms with Crippen molar-refractivity contribution in [1.29, 1.82) is 0 Å². The molecular weight excluding hydrogens is 360 g/mol. The Hall–Kier alpha value is -2.35. The van der Waals surface area contributed by atoms with Gasteiger partial charge in [0.15, 0.2) is 0 Å². The van der Waals surface area contributed by atoms with E-state index in [1.54, 1.807) is 0 Å². The van der Waals surface area contributed by atoms with E-state index in [0.717, 1.165) is 43.3 Å². The quantitative estimate of drug-likeness (QED) is 0.739. The summed E-state index contributed by atoms with van der Waals surface area (Å²) in [6.45, 7) is 2.39. The molecule has 0 saturated carbocycles.